The maximum Gasteiger partial charge on any atom is 0.261 e. The second kappa shape index (κ2) is 5.07. The van der Waals surface area contributed by atoms with Gasteiger partial charge in [-0.15, -0.1) is 0 Å². The maximum atomic E-state index is 12.5. The zero-order valence-electron chi connectivity index (χ0n) is 12.1. The third kappa shape index (κ3) is 2.88. The number of benzene rings is 2. The van der Waals surface area contributed by atoms with Crippen molar-refractivity contribution in [3.8, 4) is 0 Å². The van der Waals surface area contributed by atoms with Crippen molar-refractivity contribution in [2.24, 2.45) is 0 Å². The van der Waals surface area contributed by atoms with Crippen molar-refractivity contribution in [1.82, 2.24) is 0 Å². The molecule has 21 heavy (non-hydrogen) atoms. The van der Waals surface area contributed by atoms with Gasteiger partial charge in [-0.3, -0.25) is 4.72 Å². The van der Waals surface area contributed by atoms with Gasteiger partial charge in [0.15, 0.2) is 0 Å². The number of aryl methyl sites for hydroxylation is 2. The Morgan fingerprint density at radius 2 is 1.76 bits per heavy atom. The monoisotopic (exact) mass is 302 g/mol. The van der Waals surface area contributed by atoms with E-state index in [0.717, 1.165) is 35.3 Å². The van der Waals surface area contributed by atoms with Gasteiger partial charge in [-0.1, -0.05) is 6.07 Å². The van der Waals surface area contributed by atoms with Crippen LogP contribution in [0.3, 0.4) is 0 Å². The standard InChI is InChI=1S/C16H18N2O2S/c1-11-7-12(2)9-15(8-11)21(19,20)18-14-3-4-16-13(10-14)5-6-17-16/h3-4,7-10,17-18H,5-6H2,1-2H3. The highest BCUT2D eigenvalue weighted by Crippen LogP contribution is 2.27. The first-order valence-corrected chi connectivity index (χ1v) is 8.40. The molecule has 5 heteroatoms. The minimum atomic E-state index is -3.55. The molecule has 1 heterocycles. The SMILES string of the molecule is Cc1cc(C)cc(S(=O)(=O)Nc2ccc3c(c2)CCN3)c1. The third-order valence-electron chi connectivity index (χ3n) is 3.57. The molecule has 3 rings (SSSR count). The van der Waals surface area contributed by atoms with Gasteiger partial charge in [0.1, 0.15) is 0 Å². The van der Waals surface area contributed by atoms with Crippen LogP contribution < -0.4 is 10.0 Å². The predicted octanol–water partition coefficient (Wildman–Crippen LogP) is 3.07. The molecule has 2 aromatic rings. The zero-order chi connectivity index (χ0) is 15.0. The summed E-state index contributed by atoms with van der Waals surface area (Å²) in [5.74, 6) is 0. The van der Waals surface area contributed by atoms with Crippen molar-refractivity contribution < 1.29 is 8.42 Å². The molecule has 0 atom stereocenters. The Bertz CT molecular complexity index is 778. The van der Waals surface area contributed by atoms with Crippen LogP contribution in [0.1, 0.15) is 16.7 Å². The molecule has 0 spiro atoms. The summed E-state index contributed by atoms with van der Waals surface area (Å²) >= 11 is 0. The first-order valence-electron chi connectivity index (χ1n) is 6.92. The van der Waals surface area contributed by atoms with E-state index in [-0.39, 0.29) is 0 Å². The lowest BCUT2D eigenvalue weighted by atomic mass is 10.1. The molecule has 2 aromatic carbocycles. The number of rotatable bonds is 3. The first kappa shape index (κ1) is 13.9. The van der Waals surface area contributed by atoms with Crippen molar-refractivity contribution in [3.05, 3.63) is 53.1 Å². The molecule has 1 aliphatic rings. The average molecular weight is 302 g/mol. The number of nitrogens with one attached hydrogen (secondary N) is 2. The number of fused-ring (bicyclic) bond motifs is 1. The second-order valence-corrected chi connectivity index (χ2v) is 7.16. The van der Waals surface area contributed by atoms with E-state index in [0.29, 0.717) is 10.6 Å². The fourth-order valence-corrected chi connectivity index (χ4v) is 3.91. The minimum absolute atomic E-state index is 0.304. The van der Waals surface area contributed by atoms with Crippen LogP contribution in [0, 0.1) is 13.8 Å². The molecule has 2 N–H and O–H groups in total. The zero-order valence-corrected chi connectivity index (χ0v) is 12.9. The lowest BCUT2D eigenvalue weighted by Crippen LogP contribution is -2.13. The van der Waals surface area contributed by atoms with E-state index in [9.17, 15) is 8.42 Å². The van der Waals surface area contributed by atoms with E-state index in [1.54, 1.807) is 18.2 Å². The largest absolute Gasteiger partial charge is 0.384 e. The van der Waals surface area contributed by atoms with Crippen molar-refractivity contribution in [1.29, 1.82) is 0 Å². The molecule has 0 fully saturated rings. The van der Waals surface area contributed by atoms with Crippen LogP contribution in [-0.4, -0.2) is 15.0 Å². The molecule has 4 nitrogen and oxygen atoms in total. The lowest BCUT2D eigenvalue weighted by Gasteiger charge is -2.11. The van der Waals surface area contributed by atoms with Crippen LogP contribution in [0.25, 0.3) is 0 Å². The first-order chi connectivity index (χ1) is 9.94. The number of hydrogen-bond acceptors (Lipinski definition) is 3. The lowest BCUT2D eigenvalue weighted by molar-refractivity contribution is 0.601. The Hall–Kier alpha value is -2.01. The second-order valence-electron chi connectivity index (χ2n) is 5.48. The summed E-state index contributed by atoms with van der Waals surface area (Å²) in [6.45, 7) is 4.70. The molecule has 0 aromatic heterocycles. The molecular formula is C16H18N2O2S. The van der Waals surface area contributed by atoms with E-state index in [1.165, 1.54) is 0 Å². The summed E-state index contributed by atoms with van der Waals surface area (Å²) in [6.07, 6.45) is 0.925. The summed E-state index contributed by atoms with van der Waals surface area (Å²) in [5.41, 5.74) is 4.72. The van der Waals surface area contributed by atoms with Crippen LogP contribution >= 0.6 is 0 Å². The Kier molecular flexibility index (Phi) is 3.37. The quantitative estimate of drug-likeness (QED) is 0.916. The van der Waals surface area contributed by atoms with E-state index >= 15 is 0 Å². The Labute approximate surface area is 125 Å². The van der Waals surface area contributed by atoms with E-state index in [1.807, 2.05) is 32.0 Å². The predicted molar refractivity (Wildman–Crippen MR) is 85.4 cm³/mol. The summed E-state index contributed by atoms with van der Waals surface area (Å²) in [4.78, 5) is 0.304. The Morgan fingerprint density at radius 3 is 2.48 bits per heavy atom. The maximum absolute atomic E-state index is 12.5. The number of sulfonamides is 1. The van der Waals surface area contributed by atoms with Gasteiger partial charge in [0.25, 0.3) is 10.0 Å². The van der Waals surface area contributed by atoms with Crippen LogP contribution in [0.4, 0.5) is 11.4 Å². The van der Waals surface area contributed by atoms with E-state index in [4.69, 9.17) is 0 Å². The summed E-state index contributed by atoms with van der Waals surface area (Å²) < 4.78 is 27.6. The van der Waals surface area contributed by atoms with Crippen molar-refractivity contribution in [3.63, 3.8) is 0 Å². The van der Waals surface area contributed by atoms with Crippen molar-refractivity contribution in [2.75, 3.05) is 16.6 Å². The highest BCUT2D eigenvalue weighted by atomic mass is 32.2. The molecule has 0 radical (unpaired) electrons. The number of anilines is 2. The fourth-order valence-electron chi connectivity index (χ4n) is 2.67. The third-order valence-corrected chi connectivity index (χ3v) is 4.93. The van der Waals surface area contributed by atoms with Crippen LogP contribution in [-0.2, 0) is 16.4 Å². The molecule has 0 saturated carbocycles. The normalized spacial score (nSPS) is 13.6. The molecule has 0 saturated heterocycles. The van der Waals surface area contributed by atoms with Gasteiger partial charge in [-0.2, -0.15) is 0 Å². The molecule has 0 bridgehead atoms. The molecule has 0 unspecified atom stereocenters. The fraction of sp³-hybridized carbons (Fsp3) is 0.250. The number of hydrogen-bond donors (Lipinski definition) is 2. The van der Waals surface area contributed by atoms with Gasteiger partial charge in [0.05, 0.1) is 4.90 Å². The van der Waals surface area contributed by atoms with Gasteiger partial charge in [-0.25, -0.2) is 8.42 Å². The summed E-state index contributed by atoms with van der Waals surface area (Å²) in [6, 6.07) is 10.9. The van der Waals surface area contributed by atoms with E-state index in [2.05, 4.69) is 10.0 Å². The van der Waals surface area contributed by atoms with Gasteiger partial charge in [0, 0.05) is 17.9 Å². The van der Waals surface area contributed by atoms with Crippen LogP contribution in [0.5, 0.6) is 0 Å². The van der Waals surface area contributed by atoms with Crippen molar-refractivity contribution >= 4 is 21.4 Å². The topological polar surface area (TPSA) is 58.2 Å². The van der Waals surface area contributed by atoms with Crippen LogP contribution in [0.15, 0.2) is 41.3 Å². The Balaban J connectivity index is 1.92. The summed E-state index contributed by atoms with van der Waals surface area (Å²) in [5, 5.41) is 3.26. The van der Waals surface area contributed by atoms with Gasteiger partial charge < -0.3 is 5.32 Å². The molecule has 1 aliphatic heterocycles. The minimum Gasteiger partial charge on any atom is -0.384 e. The van der Waals surface area contributed by atoms with Gasteiger partial charge in [0.2, 0.25) is 0 Å². The van der Waals surface area contributed by atoms with Crippen molar-refractivity contribution in [2.45, 2.75) is 25.2 Å². The molecular weight excluding hydrogens is 284 g/mol. The van der Waals surface area contributed by atoms with E-state index < -0.39 is 10.0 Å². The highest BCUT2D eigenvalue weighted by molar-refractivity contribution is 7.92. The Morgan fingerprint density at radius 1 is 1.05 bits per heavy atom. The average Bonchev–Trinajstić information content (AvgIpc) is 2.84. The highest BCUT2D eigenvalue weighted by Gasteiger charge is 2.17. The van der Waals surface area contributed by atoms with Gasteiger partial charge >= 0.3 is 0 Å². The van der Waals surface area contributed by atoms with Crippen LogP contribution in [0.2, 0.25) is 0 Å². The molecule has 0 amide bonds. The summed E-state index contributed by atoms with van der Waals surface area (Å²) in [7, 11) is -3.55. The van der Waals surface area contributed by atoms with Gasteiger partial charge in [-0.05, 0) is 67.3 Å². The molecule has 0 aliphatic carbocycles. The smallest absolute Gasteiger partial charge is 0.261 e. The molecule has 110 valence electrons.